The molecule has 3 heterocycles. The lowest BCUT2D eigenvalue weighted by molar-refractivity contribution is 0.367. The molecule has 6 nitrogen and oxygen atoms in total. The van der Waals surface area contributed by atoms with Gasteiger partial charge >= 0.3 is 0 Å². The fraction of sp³-hybridized carbons (Fsp3) is 0.429. The van der Waals surface area contributed by atoms with Crippen molar-refractivity contribution in [3.8, 4) is 0 Å². The van der Waals surface area contributed by atoms with Crippen LogP contribution in [0.15, 0.2) is 15.6 Å². The van der Waals surface area contributed by atoms with E-state index in [-0.39, 0.29) is 5.56 Å². The molecule has 4 rings (SSSR count). The Bertz CT molecular complexity index is 877. The molecule has 0 fully saturated rings. The van der Waals surface area contributed by atoms with Crippen LogP contribution in [0.5, 0.6) is 0 Å². The highest BCUT2D eigenvalue weighted by atomic mass is 32.1. The van der Waals surface area contributed by atoms with Crippen LogP contribution in [0.1, 0.15) is 35.6 Å². The normalized spacial score (nSPS) is 14.5. The van der Waals surface area contributed by atoms with E-state index >= 15 is 0 Å². The highest BCUT2D eigenvalue weighted by Gasteiger charge is 2.20. The van der Waals surface area contributed by atoms with Crippen LogP contribution >= 0.6 is 11.5 Å². The third-order valence-electron chi connectivity index (χ3n) is 3.99. The average Bonchev–Trinajstić information content (AvgIpc) is 3.07. The van der Waals surface area contributed by atoms with Crippen molar-refractivity contribution in [1.82, 2.24) is 19.1 Å². The van der Waals surface area contributed by atoms with E-state index in [1.807, 2.05) is 6.92 Å². The van der Waals surface area contributed by atoms with Gasteiger partial charge in [-0.15, -0.1) is 0 Å². The Balaban J connectivity index is 1.78. The van der Waals surface area contributed by atoms with E-state index in [4.69, 9.17) is 4.52 Å². The Morgan fingerprint density at radius 2 is 2.24 bits per heavy atom. The topological polar surface area (TPSA) is 73.8 Å². The summed E-state index contributed by atoms with van der Waals surface area (Å²) in [6.07, 6.45) is 5.81. The van der Waals surface area contributed by atoms with Gasteiger partial charge in [0.25, 0.3) is 5.56 Å². The van der Waals surface area contributed by atoms with Crippen LogP contribution in [0.4, 0.5) is 0 Å². The van der Waals surface area contributed by atoms with E-state index in [0.717, 1.165) is 42.8 Å². The van der Waals surface area contributed by atoms with Gasteiger partial charge in [-0.25, -0.2) is 4.98 Å². The summed E-state index contributed by atoms with van der Waals surface area (Å²) in [5.41, 5.74) is 2.71. The third kappa shape index (κ3) is 1.99. The van der Waals surface area contributed by atoms with Gasteiger partial charge in [-0.1, -0.05) is 5.16 Å². The summed E-state index contributed by atoms with van der Waals surface area (Å²) in [6, 6.07) is 0. The van der Waals surface area contributed by atoms with Crippen LogP contribution in [0.2, 0.25) is 0 Å². The summed E-state index contributed by atoms with van der Waals surface area (Å²) in [4.78, 5) is 17.5. The average molecular weight is 302 g/mol. The zero-order chi connectivity index (χ0) is 14.4. The summed E-state index contributed by atoms with van der Waals surface area (Å²) in [5.74, 6) is 0.978. The molecular formula is C14H14N4O2S. The lowest BCUT2D eigenvalue weighted by Crippen LogP contribution is -2.22. The first kappa shape index (κ1) is 12.7. The van der Waals surface area contributed by atoms with Crippen LogP contribution in [0, 0.1) is 6.92 Å². The van der Waals surface area contributed by atoms with Gasteiger partial charge < -0.3 is 4.52 Å². The molecule has 0 saturated heterocycles. The summed E-state index contributed by atoms with van der Waals surface area (Å²) in [6.45, 7) is 2.25. The van der Waals surface area contributed by atoms with Gasteiger partial charge in [0, 0.05) is 12.0 Å². The minimum absolute atomic E-state index is 0.0567. The molecule has 0 radical (unpaired) electrons. The van der Waals surface area contributed by atoms with Crippen molar-refractivity contribution in [3.63, 3.8) is 0 Å². The van der Waals surface area contributed by atoms with Crippen LogP contribution in [-0.2, 0) is 19.4 Å². The first-order valence-electron chi connectivity index (χ1n) is 7.02. The van der Waals surface area contributed by atoms with Crippen molar-refractivity contribution < 1.29 is 4.52 Å². The number of nitrogens with zero attached hydrogens (tertiary/aromatic N) is 4. The lowest BCUT2D eigenvalue weighted by atomic mass is 9.96. The highest BCUT2D eigenvalue weighted by Crippen LogP contribution is 2.24. The molecule has 0 aliphatic heterocycles. The van der Waals surface area contributed by atoms with Crippen molar-refractivity contribution >= 4 is 21.7 Å². The first-order valence-corrected chi connectivity index (χ1v) is 7.79. The Morgan fingerprint density at radius 3 is 3.14 bits per heavy atom. The van der Waals surface area contributed by atoms with Crippen LogP contribution in [0.3, 0.4) is 0 Å². The Morgan fingerprint density at radius 1 is 1.38 bits per heavy atom. The van der Waals surface area contributed by atoms with E-state index < -0.39 is 0 Å². The molecular weight excluding hydrogens is 288 g/mol. The van der Waals surface area contributed by atoms with Crippen LogP contribution < -0.4 is 5.56 Å². The van der Waals surface area contributed by atoms with Crippen molar-refractivity contribution in [1.29, 1.82) is 0 Å². The van der Waals surface area contributed by atoms with Crippen molar-refractivity contribution in [2.75, 3.05) is 0 Å². The Labute approximate surface area is 124 Å². The molecule has 108 valence electrons. The van der Waals surface area contributed by atoms with Crippen molar-refractivity contribution in [3.05, 3.63) is 39.4 Å². The number of rotatable bonds is 2. The second-order valence-electron chi connectivity index (χ2n) is 5.36. The molecule has 1 aliphatic rings. The van der Waals surface area contributed by atoms with Crippen LogP contribution in [-0.4, -0.2) is 19.1 Å². The molecule has 7 heteroatoms. The Kier molecular flexibility index (Phi) is 2.88. The summed E-state index contributed by atoms with van der Waals surface area (Å²) >= 11 is 1.26. The predicted molar refractivity (Wildman–Crippen MR) is 78.7 cm³/mol. The Hall–Kier alpha value is -2.02. The maximum Gasteiger partial charge on any atom is 0.264 e. The molecule has 0 aromatic carbocycles. The molecule has 0 amide bonds. The molecule has 0 atom stereocenters. The molecule has 3 aromatic rings. The highest BCUT2D eigenvalue weighted by molar-refractivity contribution is 7.12. The zero-order valence-corrected chi connectivity index (χ0v) is 12.4. The van der Waals surface area contributed by atoms with Crippen molar-refractivity contribution in [2.45, 2.75) is 39.2 Å². The molecule has 3 aromatic heterocycles. The zero-order valence-electron chi connectivity index (χ0n) is 11.6. The van der Waals surface area contributed by atoms with E-state index in [0.29, 0.717) is 16.8 Å². The standard InChI is InChI=1S/C14H14N4O2S/c1-8-12-13(21-17-8)15-7-18(14(12)19)6-10-9-4-2-3-5-11(9)20-16-10/h7H,2-6H2,1H3. The van der Waals surface area contributed by atoms with E-state index in [2.05, 4.69) is 14.5 Å². The largest absolute Gasteiger partial charge is 0.361 e. The number of hydrogen-bond acceptors (Lipinski definition) is 6. The number of aryl methyl sites for hydroxylation is 2. The SMILES string of the molecule is Cc1nsc2ncn(Cc3noc4c3CCCC4)c(=O)c12. The van der Waals surface area contributed by atoms with Gasteiger partial charge in [0.2, 0.25) is 0 Å². The molecule has 0 unspecified atom stereocenters. The van der Waals surface area contributed by atoms with E-state index in [9.17, 15) is 4.79 Å². The summed E-state index contributed by atoms with van der Waals surface area (Å²) in [7, 11) is 0. The lowest BCUT2D eigenvalue weighted by Gasteiger charge is -2.09. The molecule has 0 spiro atoms. The third-order valence-corrected chi connectivity index (χ3v) is 4.83. The first-order chi connectivity index (χ1) is 10.2. The monoisotopic (exact) mass is 302 g/mol. The van der Waals surface area contributed by atoms with Crippen molar-refractivity contribution in [2.24, 2.45) is 0 Å². The van der Waals surface area contributed by atoms with Gasteiger partial charge in [-0.3, -0.25) is 9.36 Å². The number of hydrogen-bond donors (Lipinski definition) is 0. The number of fused-ring (bicyclic) bond motifs is 2. The quantitative estimate of drug-likeness (QED) is 0.724. The minimum atomic E-state index is -0.0567. The van der Waals surface area contributed by atoms with E-state index in [1.54, 1.807) is 10.9 Å². The second kappa shape index (κ2) is 4.77. The molecule has 0 bridgehead atoms. The maximum absolute atomic E-state index is 12.5. The minimum Gasteiger partial charge on any atom is -0.361 e. The fourth-order valence-electron chi connectivity index (χ4n) is 2.86. The molecule has 0 saturated carbocycles. The van der Waals surface area contributed by atoms with Gasteiger partial charge in [0.15, 0.2) is 4.83 Å². The van der Waals surface area contributed by atoms with Gasteiger partial charge in [0.05, 0.1) is 24.0 Å². The fourth-order valence-corrected chi connectivity index (χ4v) is 3.59. The number of aromatic nitrogens is 4. The van der Waals surface area contributed by atoms with E-state index in [1.165, 1.54) is 17.1 Å². The molecule has 1 aliphatic carbocycles. The van der Waals surface area contributed by atoms with Gasteiger partial charge in [-0.2, -0.15) is 4.37 Å². The second-order valence-corrected chi connectivity index (χ2v) is 6.12. The maximum atomic E-state index is 12.5. The smallest absolute Gasteiger partial charge is 0.264 e. The molecule has 0 N–H and O–H groups in total. The molecule has 21 heavy (non-hydrogen) atoms. The summed E-state index contributed by atoms with van der Waals surface area (Å²) in [5, 5.41) is 4.76. The van der Waals surface area contributed by atoms with Gasteiger partial charge in [-0.05, 0) is 37.7 Å². The summed E-state index contributed by atoms with van der Waals surface area (Å²) < 4.78 is 11.2. The van der Waals surface area contributed by atoms with Crippen LogP contribution in [0.25, 0.3) is 10.2 Å². The predicted octanol–water partition coefficient (Wildman–Crippen LogP) is 2.08. The van der Waals surface area contributed by atoms with Gasteiger partial charge in [0.1, 0.15) is 11.5 Å².